The van der Waals surface area contributed by atoms with Gasteiger partial charge in [-0.05, 0) is 38.3 Å². The number of aromatic nitrogens is 1. The van der Waals surface area contributed by atoms with E-state index in [1.165, 1.54) is 0 Å². The van der Waals surface area contributed by atoms with Crippen molar-refractivity contribution < 1.29 is 14.7 Å². The molecule has 24 heavy (non-hydrogen) atoms. The van der Waals surface area contributed by atoms with E-state index in [9.17, 15) is 14.7 Å². The van der Waals surface area contributed by atoms with E-state index < -0.39 is 11.4 Å². The van der Waals surface area contributed by atoms with Gasteiger partial charge in [0.25, 0.3) is 5.91 Å². The van der Waals surface area contributed by atoms with E-state index in [2.05, 4.69) is 10.3 Å². The average Bonchev–Trinajstić information content (AvgIpc) is 2.88. The van der Waals surface area contributed by atoms with Gasteiger partial charge in [0, 0.05) is 17.6 Å². The van der Waals surface area contributed by atoms with Gasteiger partial charge in [0.1, 0.15) is 0 Å². The SMILES string of the molecule is Cc1[nH]c2c(C(=O)NCC3(C(=O)O)CCCCC3)cccc2c1C. The number of benzene rings is 1. The van der Waals surface area contributed by atoms with Crippen LogP contribution in [0.4, 0.5) is 0 Å². The smallest absolute Gasteiger partial charge is 0.311 e. The molecule has 3 rings (SSSR count). The number of fused-ring (bicyclic) bond motifs is 1. The van der Waals surface area contributed by atoms with Crippen molar-refractivity contribution in [1.82, 2.24) is 10.3 Å². The Morgan fingerprint density at radius 2 is 1.92 bits per heavy atom. The number of aromatic amines is 1. The fourth-order valence-corrected chi connectivity index (χ4v) is 3.71. The molecule has 5 nitrogen and oxygen atoms in total. The van der Waals surface area contributed by atoms with Crippen LogP contribution in [0.5, 0.6) is 0 Å². The monoisotopic (exact) mass is 328 g/mol. The summed E-state index contributed by atoms with van der Waals surface area (Å²) in [4.78, 5) is 27.7. The number of nitrogens with one attached hydrogen (secondary N) is 2. The van der Waals surface area contributed by atoms with Gasteiger partial charge in [0.2, 0.25) is 0 Å². The van der Waals surface area contributed by atoms with Crippen LogP contribution in [0.15, 0.2) is 18.2 Å². The quantitative estimate of drug-likeness (QED) is 0.802. The van der Waals surface area contributed by atoms with Crippen molar-refractivity contribution in [2.75, 3.05) is 6.54 Å². The predicted octanol–water partition coefficient (Wildman–Crippen LogP) is 3.55. The van der Waals surface area contributed by atoms with Crippen molar-refractivity contribution in [2.24, 2.45) is 5.41 Å². The van der Waals surface area contributed by atoms with Gasteiger partial charge in [-0.25, -0.2) is 0 Å². The molecule has 128 valence electrons. The molecule has 1 amide bonds. The van der Waals surface area contributed by atoms with Crippen molar-refractivity contribution >= 4 is 22.8 Å². The van der Waals surface area contributed by atoms with E-state index in [1.54, 1.807) is 6.07 Å². The summed E-state index contributed by atoms with van der Waals surface area (Å²) in [5.74, 6) is -1.01. The van der Waals surface area contributed by atoms with Crippen LogP contribution in [0.1, 0.15) is 53.7 Å². The summed E-state index contributed by atoms with van der Waals surface area (Å²) < 4.78 is 0. The lowest BCUT2D eigenvalue weighted by Crippen LogP contribution is -2.44. The minimum atomic E-state index is -0.816. The number of aliphatic carboxylic acids is 1. The lowest BCUT2D eigenvalue weighted by atomic mass is 9.74. The zero-order valence-corrected chi connectivity index (χ0v) is 14.2. The largest absolute Gasteiger partial charge is 0.481 e. The van der Waals surface area contributed by atoms with Crippen molar-refractivity contribution in [3.05, 3.63) is 35.0 Å². The summed E-state index contributed by atoms with van der Waals surface area (Å²) in [5.41, 5.74) is 2.75. The van der Waals surface area contributed by atoms with Crippen LogP contribution < -0.4 is 5.32 Å². The van der Waals surface area contributed by atoms with Crippen LogP contribution in [0.2, 0.25) is 0 Å². The Hall–Kier alpha value is -2.30. The number of carboxylic acids is 1. The Morgan fingerprint density at radius 1 is 1.21 bits per heavy atom. The van der Waals surface area contributed by atoms with Crippen LogP contribution in [-0.4, -0.2) is 28.5 Å². The topological polar surface area (TPSA) is 82.2 Å². The molecule has 0 bridgehead atoms. The maximum absolute atomic E-state index is 12.7. The molecule has 1 heterocycles. The number of amides is 1. The molecular weight excluding hydrogens is 304 g/mol. The average molecular weight is 328 g/mol. The summed E-state index contributed by atoms with van der Waals surface area (Å²) in [6.07, 6.45) is 4.16. The van der Waals surface area contributed by atoms with Crippen molar-refractivity contribution in [3.63, 3.8) is 0 Å². The second-order valence-corrected chi connectivity index (χ2v) is 6.93. The summed E-state index contributed by atoms with van der Waals surface area (Å²) in [7, 11) is 0. The van der Waals surface area contributed by atoms with Crippen LogP contribution >= 0.6 is 0 Å². The molecule has 1 aromatic carbocycles. The second-order valence-electron chi connectivity index (χ2n) is 6.93. The van der Waals surface area contributed by atoms with Gasteiger partial charge in [-0.2, -0.15) is 0 Å². The number of H-pyrrole nitrogens is 1. The van der Waals surface area contributed by atoms with E-state index >= 15 is 0 Å². The third-order valence-corrected chi connectivity index (χ3v) is 5.44. The second kappa shape index (κ2) is 6.30. The number of aryl methyl sites for hydroxylation is 2. The highest BCUT2D eigenvalue weighted by molar-refractivity contribution is 6.06. The molecule has 1 saturated carbocycles. The van der Waals surface area contributed by atoms with Crippen molar-refractivity contribution in [3.8, 4) is 0 Å². The van der Waals surface area contributed by atoms with E-state index in [0.717, 1.165) is 41.4 Å². The molecule has 0 spiro atoms. The lowest BCUT2D eigenvalue weighted by Gasteiger charge is -2.33. The van der Waals surface area contributed by atoms with Crippen LogP contribution in [0, 0.1) is 19.3 Å². The number of para-hydroxylation sites is 1. The number of rotatable bonds is 4. The molecule has 1 fully saturated rings. The molecular formula is C19H24N2O3. The minimum Gasteiger partial charge on any atom is -0.481 e. The Bertz CT molecular complexity index is 785. The van der Waals surface area contributed by atoms with Crippen LogP contribution in [0.25, 0.3) is 10.9 Å². The number of carbonyl (C=O) groups excluding carboxylic acids is 1. The molecule has 2 aromatic rings. The molecule has 1 aromatic heterocycles. The van der Waals surface area contributed by atoms with Crippen LogP contribution in [-0.2, 0) is 4.79 Å². The third-order valence-electron chi connectivity index (χ3n) is 5.44. The van der Waals surface area contributed by atoms with E-state index in [0.29, 0.717) is 18.4 Å². The molecule has 0 aliphatic heterocycles. The fraction of sp³-hybridized carbons (Fsp3) is 0.474. The summed E-state index contributed by atoms with van der Waals surface area (Å²) in [5, 5.41) is 13.5. The molecule has 1 aliphatic carbocycles. The Kier molecular flexibility index (Phi) is 4.35. The molecule has 5 heteroatoms. The Labute approximate surface area is 141 Å². The third kappa shape index (κ3) is 2.79. The van der Waals surface area contributed by atoms with Gasteiger partial charge >= 0.3 is 5.97 Å². The molecule has 0 unspecified atom stereocenters. The number of hydrogen-bond donors (Lipinski definition) is 3. The molecule has 0 saturated heterocycles. The van der Waals surface area contributed by atoms with Crippen molar-refractivity contribution in [2.45, 2.75) is 46.0 Å². The van der Waals surface area contributed by atoms with Gasteiger partial charge in [0.05, 0.1) is 16.5 Å². The number of hydrogen-bond acceptors (Lipinski definition) is 2. The summed E-state index contributed by atoms with van der Waals surface area (Å²) in [6, 6.07) is 5.64. The van der Waals surface area contributed by atoms with Gasteiger partial charge in [-0.3, -0.25) is 9.59 Å². The lowest BCUT2D eigenvalue weighted by molar-refractivity contribution is -0.150. The van der Waals surface area contributed by atoms with E-state index in [4.69, 9.17) is 0 Å². The first-order valence-electron chi connectivity index (χ1n) is 8.54. The molecule has 0 radical (unpaired) electrons. The fourth-order valence-electron chi connectivity index (χ4n) is 3.71. The van der Waals surface area contributed by atoms with Gasteiger partial charge in [-0.1, -0.05) is 31.4 Å². The summed E-state index contributed by atoms with van der Waals surface area (Å²) >= 11 is 0. The predicted molar refractivity (Wildman–Crippen MR) is 93.3 cm³/mol. The van der Waals surface area contributed by atoms with Gasteiger partial charge in [-0.15, -0.1) is 0 Å². The Balaban J connectivity index is 1.83. The standard InChI is InChI=1S/C19H24N2O3/c1-12-13(2)21-16-14(12)7-6-8-15(16)17(22)20-11-19(18(23)24)9-4-3-5-10-19/h6-8,21H,3-5,9-11H2,1-2H3,(H,20,22)(H,23,24). The maximum Gasteiger partial charge on any atom is 0.311 e. The highest BCUT2D eigenvalue weighted by Gasteiger charge is 2.39. The first-order valence-corrected chi connectivity index (χ1v) is 8.54. The minimum absolute atomic E-state index is 0.191. The van der Waals surface area contributed by atoms with Gasteiger partial charge < -0.3 is 15.4 Å². The molecule has 0 atom stereocenters. The first kappa shape index (κ1) is 16.6. The zero-order chi connectivity index (χ0) is 17.3. The van der Waals surface area contributed by atoms with Gasteiger partial charge in [0.15, 0.2) is 0 Å². The van der Waals surface area contributed by atoms with Crippen molar-refractivity contribution in [1.29, 1.82) is 0 Å². The normalized spacial score (nSPS) is 16.9. The Morgan fingerprint density at radius 3 is 2.58 bits per heavy atom. The zero-order valence-electron chi connectivity index (χ0n) is 14.2. The van der Waals surface area contributed by atoms with E-state index in [-0.39, 0.29) is 12.5 Å². The maximum atomic E-state index is 12.7. The molecule has 3 N–H and O–H groups in total. The van der Waals surface area contributed by atoms with Crippen LogP contribution in [0.3, 0.4) is 0 Å². The highest BCUT2D eigenvalue weighted by Crippen LogP contribution is 2.36. The van der Waals surface area contributed by atoms with E-state index in [1.807, 2.05) is 26.0 Å². The summed E-state index contributed by atoms with van der Waals surface area (Å²) in [6.45, 7) is 4.20. The highest BCUT2D eigenvalue weighted by atomic mass is 16.4. The number of carboxylic acid groups (broad SMARTS) is 1. The molecule has 1 aliphatic rings. The number of carbonyl (C=O) groups is 2. The first-order chi connectivity index (χ1) is 11.4.